The minimum Gasteiger partial charge on any atom is -0.497 e. The van der Waals surface area contributed by atoms with Crippen molar-refractivity contribution in [1.29, 1.82) is 0 Å². The van der Waals surface area contributed by atoms with E-state index in [4.69, 9.17) is 4.74 Å². The fraction of sp³-hybridized carbons (Fsp3) is 0.680. The number of imide groups is 1. The molecule has 3 amide bonds. The van der Waals surface area contributed by atoms with Crippen LogP contribution >= 0.6 is 0 Å². The van der Waals surface area contributed by atoms with Gasteiger partial charge in [-0.15, -0.1) is 0 Å². The summed E-state index contributed by atoms with van der Waals surface area (Å²) in [6.45, 7) is 6.65. The van der Waals surface area contributed by atoms with Gasteiger partial charge in [-0.2, -0.15) is 13.2 Å². The Labute approximate surface area is 205 Å². The minimum atomic E-state index is -4.18. The number of carbonyl (C=O) groups excluding carboxylic acids is 2. The monoisotopic (exact) mass is 501 g/mol. The number of methoxy groups -OCH3 is 1. The van der Waals surface area contributed by atoms with Gasteiger partial charge >= 0.3 is 12.2 Å². The van der Waals surface area contributed by atoms with E-state index in [9.17, 15) is 27.9 Å². The molecule has 4 atom stereocenters. The average Bonchev–Trinajstić information content (AvgIpc) is 2.80. The highest BCUT2D eigenvalue weighted by Crippen LogP contribution is 2.56. The van der Waals surface area contributed by atoms with Crippen LogP contribution in [0.5, 0.6) is 5.75 Å². The molecule has 3 rings (SSSR count). The van der Waals surface area contributed by atoms with Crippen LogP contribution in [0.3, 0.4) is 0 Å². The molecule has 2 fully saturated rings. The van der Waals surface area contributed by atoms with E-state index >= 15 is 0 Å². The van der Waals surface area contributed by atoms with Crippen LogP contribution in [0.25, 0.3) is 0 Å². The van der Waals surface area contributed by atoms with Gasteiger partial charge in [-0.25, -0.2) is 4.79 Å². The fourth-order valence-corrected chi connectivity index (χ4v) is 5.76. The van der Waals surface area contributed by atoms with Crippen LogP contribution in [0, 0.1) is 12.8 Å². The highest BCUT2D eigenvalue weighted by Gasteiger charge is 2.60. The number of halogens is 3. The van der Waals surface area contributed by atoms with Crippen LogP contribution in [0.1, 0.15) is 57.1 Å². The highest BCUT2D eigenvalue weighted by atomic mass is 19.4. The molecular formula is C25H38F3N3O4. The predicted octanol–water partition coefficient (Wildman–Crippen LogP) is 3.91. The van der Waals surface area contributed by atoms with Crippen LogP contribution in [0.2, 0.25) is 0 Å². The second-order valence-electron chi connectivity index (χ2n) is 9.70. The average molecular weight is 502 g/mol. The molecule has 7 nitrogen and oxygen atoms in total. The Morgan fingerprint density at radius 1 is 1.31 bits per heavy atom. The van der Waals surface area contributed by atoms with Crippen molar-refractivity contribution in [2.75, 3.05) is 27.2 Å². The number of aryl methyl sites for hydroxylation is 1. The molecule has 1 aromatic carbocycles. The molecule has 198 valence electrons. The van der Waals surface area contributed by atoms with Gasteiger partial charge in [-0.3, -0.25) is 15.0 Å². The highest BCUT2D eigenvalue weighted by molar-refractivity contribution is 5.83. The number of aliphatic hydroxyl groups is 1. The summed E-state index contributed by atoms with van der Waals surface area (Å²) in [5.74, 6) is 1.21. The first kappa shape index (κ1) is 28.9. The number of benzene rings is 1. The van der Waals surface area contributed by atoms with Crippen molar-refractivity contribution in [3.63, 3.8) is 0 Å². The van der Waals surface area contributed by atoms with Gasteiger partial charge in [-0.1, -0.05) is 13.0 Å². The zero-order valence-electron chi connectivity index (χ0n) is 21.2. The number of rotatable bonds is 5. The standard InChI is InChI=1S/C22H32F3NO2.C3H6N2O2/c1-15-7-8-21(27)17(3)26(12-10-22(23,24)25)11-9-20(21,14-15)19-13-18(28-4)6-5-16(19)2;1-4-3(7)5-2-6/h5-6,13,15,17,27H,7-12,14H2,1-4H3;2H,1H3,(H2,4,5,6,7). The molecule has 0 radical (unpaired) electrons. The van der Waals surface area contributed by atoms with E-state index in [-0.39, 0.29) is 12.6 Å². The van der Waals surface area contributed by atoms with Crippen molar-refractivity contribution in [2.45, 2.75) is 76.1 Å². The summed E-state index contributed by atoms with van der Waals surface area (Å²) in [6, 6.07) is 5.14. The number of nitrogens with one attached hydrogen (secondary N) is 2. The van der Waals surface area contributed by atoms with E-state index in [0.717, 1.165) is 29.7 Å². The number of alkyl halides is 3. The Morgan fingerprint density at radius 3 is 2.54 bits per heavy atom. The maximum absolute atomic E-state index is 12.8. The first-order chi connectivity index (χ1) is 16.3. The largest absolute Gasteiger partial charge is 0.497 e. The summed E-state index contributed by atoms with van der Waals surface area (Å²) < 4.78 is 43.8. The van der Waals surface area contributed by atoms with Crippen LogP contribution < -0.4 is 15.4 Å². The maximum atomic E-state index is 12.8. The van der Waals surface area contributed by atoms with Gasteiger partial charge in [0.1, 0.15) is 5.75 Å². The quantitative estimate of drug-likeness (QED) is 0.533. The van der Waals surface area contributed by atoms with Crippen LogP contribution in [0.15, 0.2) is 18.2 Å². The van der Waals surface area contributed by atoms with Crippen molar-refractivity contribution < 1.29 is 32.6 Å². The lowest BCUT2D eigenvalue weighted by Gasteiger charge is -2.61. The summed E-state index contributed by atoms with van der Waals surface area (Å²) in [6.07, 6.45) is -1.71. The van der Waals surface area contributed by atoms with Crippen molar-refractivity contribution in [1.82, 2.24) is 15.5 Å². The number of hydrogen-bond donors (Lipinski definition) is 3. The van der Waals surface area contributed by atoms with Gasteiger partial charge in [0, 0.05) is 25.0 Å². The first-order valence-corrected chi connectivity index (χ1v) is 11.9. The van der Waals surface area contributed by atoms with Crippen molar-refractivity contribution >= 4 is 12.4 Å². The zero-order chi connectivity index (χ0) is 26.4. The molecule has 3 N–H and O–H groups in total. The van der Waals surface area contributed by atoms with Crippen molar-refractivity contribution in [3.8, 4) is 5.75 Å². The molecule has 4 unspecified atom stereocenters. The third kappa shape index (κ3) is 6.46. The second-order valence-corrected chi connectivity index (χ2v) is 9.70. The fourth-order valence-electron chi connectivity index (χ4n) is 5.76. The zero-order valence-corrected chi connectivity index (χ0v) is 21.2. The smallest absolute Gasteiger partial charge is 0.390 e. The number of hydrogen-bond acceptors (Lipinski definition) is 5. The van der Waals surface area contributed by atoms with Gasteiger partial charge in [0.15, 0.2) is 0 Å². The molecule has 10 heteroatoms. The lowest BCUT2D eigenvalue weighted by molar-refractivity contribution is -0.175. The van der Waals surface area contributed by atoms with Crippen LogP contribution in [-0.2, 0) is 10.2 Å². The van der Waals surface area contributed by atoms with E-state index in [1.54, 1.807) is 7.11 Å². The molecule has 1 heterocycles. The summed E-state index contributed by atoms with van der Waals surface area (Å²) in [7, 11) is 3.06. The van der Waals surface area contributed by atoms with Gasteiger partial charge in [-0.05, 0) is 75.3 Å². The first-order valence-electron chi connectivity index (χ1n) is 11.9. The molecule has 1 aliphatic heterocycles. The predicted molar refractivity (Wildman–Crippen MR) is 127 cm³/mol. The van der Waals surface area contributed by atoms with E-state index in [1.165, 1.54) is 7.05 Å². The molecular weight excluding hydrogens is 463 g/mol. The van der Waals surface area contributed by atoms with E-state index in [1.807, 2.05) is 42.3 Å². The third-order valence-electron chi connectivity index (χ3n) is 7.67. The Bertz CT molecular complexity index is 882. The molecule has 1 aliphatic carbocycles. The van der Waals surface area contributed by atoms with E-state index < -0.39 is 29.6 Å². The summed E-state index contributed by atoms with van der Waals surface area (Å²) >= 11 is 0. The van der Waals surface area contributed by atoms with Gasteiger partial charge in [0.2, 0.25) is 6.41 Å². The Morgan fingerprint density at radius 2 is 2.00 bits per heavy atom. The molecule has 0 bridgehead atoms. The molecule has 0 spiro atoms. The van der Waals surface area contributed by atoms with Gasteiger partial charge in [0.25, 0.3) is 0 Å². The summed E-state index contributed by atoms with van der Waals surface area (Å²) in [5, 5.41) is 16.1. The lowest BCUT2D eigenvalue weighted by Crippen LogP contribution is -2.69. The van der Waals surface area contributed by atoms with Gasteiger partial charge < -0.3 is 15.2 Å². The summed E-state index contributed by atoms with van der Waals surface area (Å²) in [5.41, 5.74) is 0.672. The summed E-state index contributed by atoms with van der Waals surface area (Å²) in [4.78, 5) is 21.2. The van der Waals surface area contributed by atoms with Crippen LogP contribution in [0.4, 0.5) is 18.0 Å². The number of likely N-dealkylation sites (tertiary alicyclic amines) is 1. The molecule has 0 aromatic heterocycles. The van der Waals surface area contributed by atoms with E-state index in [2.05, 4.69) is 12.2 Å². The molecule has 1 saturated carbocycles. The Kier molecular flexibility index (Phi) is 9.58. The van der Waals surface area contributed by atoms with Gasteiger partial charge in [0.05, 0.1) is 19.1 Å². The number of nitrogens with zero attached hydrogens (tertiary/aromatic N) is 1. The number of fused-ring (bicyclic) bond motifs is 1. The maximum Gasteiger partial charge on any atom is 0.390 e. The number of carbonyl (C=O) groups is 2. The van der Waals surface area contributed by atoms with E-state index in [0.29, 0.717) is 31.7 Å². The number of piperidine rings is 1. The second kappa shape index (κ2) is 11.6. The van der Waals surface area contributed by atoms with Crippen LogP contribution in [-0.4, -0.2) is 67.5 Å². The molecule has 1 aromatic rings. The SMILES string of the molecule is CNC(=O)NC=O.COc1ccc(C)c(C23CCN(CCC(F)(F)F)C(C)C2(O)CCC(C)C3)c1. The lowest BCUT2D eigenvalue weighted by atomic mass is 9.51. The minimum absolute atomic E-state index is 0.0598. The Hall–Kier alpha value is -2.33. The third-order valence-corrected chi connectivity index (χ3v) is 7.67. The number of urea groups is 1. The topological polar surface area (TPSA) is 90.9 Å². The Balaban J connectivity index is 0.000000540. The number of amides is 3. The normalized spacial score (nSPS) is 28.7. The molecule has 1 saturated heterocycles. The molecule has 35 heavy (non-hydrogen) atoms. The van der Waals surface area contributed by atoms with Crippen molar-refractivity contribution in [3.05, 3.63) is 29.3 Å². The van der Waals surface area contributed by atoms with Crippen molar-refractivity contribution in [2.24, 2.45) is 5.92 Å². The number of ether oxygens (including phenoxy) is 1. The molecule has 2 aliphatic rings.